The summed E-state index contributed by atoms with van der Waals surface area (Å²) in [5, 5.41) is 13.8. The predicted octanol–water partition coefficient (Wildman–Crippen LogP) is 0.534. The number of oxime groups is 1. The number of amidine groups is 1. The molecule has 6 nitrogen and oxygen atoms in total. The second-order valence-electron chi connectivity index (χ2n) is 3.15. The summed E-state index contributed by atoms with van der Waals surface area (Å²) in [7, 11) is 0. The SMILES string of the molecule is CC(CC(N)=NO)NC(=O)c1ccco1. The molecule has 0 spiro atoms. The van der Waals surface area contributed by atoms with Gasteiger partial charge in [0.2, 0.25) is 0 Å². The Balaban J connectivity index is 2.45. The van der Waals surface area contributed by atoms with Crippen LogP contribution in [0.15, 0.2) is 28.0 Å². The number of carbonyl (C=O) groups is 1. The molecule has 0 aliphatic heterocycles. The molecular formula is C9H13N3O3. The van der Waals surface area contributed by atoms with Crippen molar-refractivity contribution in [3.8, 4) is 0 Å². The number of hydrogen-bond acceptors (Lipinski definition) is 4. The molecule has 1 rings (SSSR count). The van der Waals surface area contributed by atoms with Crippen LogP contribution in [0.2, 0.25) is 0 Å². The summed E-state index contributed by atoms with van der Waals surface area (Å²) in [4.78, 5) is 11.4. The summed E-state index contributed by atoms with van der Waals surface area (Å²) in [6.45, 7) is 1.75. The van der Waals surface area contributed by atoms with Crippen LogP contribution in [-0.2, 0) is 0 Å². The molecule has 1 amide bonds. The number of nitrogens with one attached hydrogen (secondary N) is 1. The van der Waals surface area contributed by atoms with Crippen LogP contribution in [0.1, 0.15) is 23.9 Å². The highest BCUT2D eigenvalue weighted by atomic mass is 16.4. The molecule has 1 heterocycles. The zero-order valence-corrected chi connectivity index (χ0v) is 8.30. The van der Waals surface area contributed by atoms with E-state index >= 15 is 0 Å². The second-order valence-corrected chi connectivity index (χ2v) is 3.15. The number of nitrogens with two attached hydrogens (primary N) is 1. The van der Waals surface area contributed by atoms with Gasteiger partial charge in [-0.15, -0.1) is 0 Å². The molecule has 4 N–H and O–H groups in total. The van der Waals surface area contributed by atoms with Crippen molar-refractivity contribution in [2.24, 2.45) is 10.9 Å². The van der Waals surface area contributed by atoms with Crippen molar-refractivity contribution in [3.05, 3.63) is 24.2 Å². The van der Waals surface area contributed by atoms with Crippen molar-refractivity contribution in [3.63, 3.8) is 0 Å². The highest BCUT2D eigenvalue weighted by Gasteiger charge is 2.12. The van der Waals surface area contributed by atoms with Crippen molar-refractivity contribution in [2.45, 2.75) is 19.4 Å². The van der Waals surface area contributed by atoms with Crippen LogP contribution in [0.5, 0.6) is 0 Å². The van der Waals surface area contributed by atoms with Gasteiger partial charge in [-0.2, -0.15) is 0 Å². The number of carbonyl (C=O) groups excluding carboxylic acids is 1. The minimum atomic E-state index is -0.321. The van der Waals surface area contributed by atoms with Crippen LogP contribution in [0, 0.1) is 0 Å². The number of amides is 1. The van der Waals surface area contributed by atoms with Gasteiger partial charge in [0.25, 0.3) is 5.91 Å². The van der Waals surface area contributed by atoms with Crippen LogP contribution in [0.4, 0.5) is 0 Å². The van der Waals surface area contributed by atoms with Gasteiger partial charge < -0.3 is 20.7 Å². The van der Waals surface area contributed by atoms with E-state index in [1.165, 1.54) is 6.26 Å². The number of hydrogen-bond donors (Lipinski definition) is 3. The molecular weight excluding hydrogens is 198 g/mol. The van der Waals surface area contributed by atoms with E-state index in [2.05, 4.69) is 10.5 Å². The third kappa shape index (κ3) is 3.34. The third-order valence-corrected chi connectivity index (χ3v) is 1.77. The molecule has 0 aliphatic rings. The number of rotatable bonds is 4. The third-order valence-electron chi connectivity index (χ3n) is 1.77. The maximum absolute atomic E-state index is 11.4. The van der Waals surface area contributed by atoms with Crippen LogP contribution in [-0.4, -0.2) is 23.0 Å². The van der Waals surface area contributed by atoms with Gasteiger partial charge in [0.1, 0.15) is 5.84 Å². The van der Waals surface area contributed by atoms with Crippen LogP contribution in [0.3, 0.4) is 0 Å². The molecule has 1 aromatic rings. The zero-order valence-electron chi connectivity index (χ0n) is 8.30. The van der Waals surface area contributed by atoms with Gasteiger partial charge >= 0.3 is 0 Å². The van der Waals surface area contributed by atoms with Gasteiger partial charge in [-0.05, 0) is 19.1 Å². The lowest BCUT2D eigenvalue weighted by Gasteiger charge is -2.11. The molecule has 0 aromatic carbocycles. The Kier molecular flexibility index (Phi) is 3.73. The quantitative estimate of drug-likeness (QED) is 0.293. The number of nitrogens with zero attached hydrogens (tertiary/aromatic N) is 1. The molecule has 1 unspecified atom stereocenters. The Morgan fingerprint density at radius 3 is 3.07 bits per heavy atom. The first-order valence-corrected chi connectivity index (χ1v) is 4.44. The summed E-state index contributed by atoms with van der Waals surface area (Å²) in [5.41, 5.74) is 5.29. The smallest absolute Gasteiger partial charge is 0.287 e. The maximum Gasteiger partial charge on any atom is 0.287 e. The molecule has 0 aliphatic carbocycles. The van der Waals surface area contributed by atoms with Crippen molar-refractivity contribution in [2.75, 3.05) is 0 Å². The van der Waals surface area contributed by atoms with E-state index in [0.29, 0.717) is 0 Å². The largest absolute Gasteiger partial charge is 0.459 e. The lowest BCUT2D eigenvalue weighted by molar-refractivity contribution is 0.0913. The van der Waals surface area contributed by atoms with E-state index in [-0.39, 0.29) is 30.0 Å². The summed E-state index contributed by atoms with van der Waals surface area (Å²) >= 11 is 0. The van der Waals surface area contributed by atoms with Gasteiger partial charge in [-0.1, -0.05) is 5.16 Å². The van der Waals surface area contributed by atoms with Gasteiger partial charge in [-0.25, -0.2) is 0 Å². The Morgan fingerprint density at radius 1 is 1.80 bits per heavy atom. The van der Waals surface area contributed by atoms with Crippen LogP contribution < -0.4 is 11.1 Å². The van der Waals surface area contributed by atoms with E-state index in [9.17, 15) is 4.79 Å². The normalized spacial score (nSPS) is 13.5. The molecule has 0 fully saturated rings. The Morgan fingerprint density at radius 2 is 2.53 bits per heavy atom. The molecule has 0 saturated heterocycles. The molecule has 82 valence electrons. The fourth-order valence-corrected chi connectivity index (χ4v) is 1.11. The van der Waals surface area contributed by atoms with Gasteiger partial charge in [-0.3, -0.25) is 4.79 Å². The summed E-state index contributed by atoms with van der Waals surface area (Å²) in [6.07, 6.45) is 1.70. The van der Waals surface area contributed by atoms with E-state index in [0.717, 1.165) is 0 Å². The Hall–Kier alpha value is -1.98. The maximum atomic E-state index is 11.4. The molecule has 1 aromatic heterocycles. The molecule has 0 bridgehead atoms. The fourth-order valence-electron chi connectivity index (χ4n) is 1.11. The van der Waals surface area contributed by atoms with Crippen molar-refractivity contribution < 1.29 is 14.4 Å². The molecule has 0 radical (unpaired) electrons. The summed E-state index contributed by atoms with van der Waals surface area (Å²) in [6, 6.07) is 2.97. The highest BCUT2D eigenvalue weighted by Crippen LogP contribution is 2.01. The van der Waals surface area contributed by atoms with Gasteiger partial charge in [0.05, 0.1) is 6.26 Å². The minimum absolute atomic E-state index is 0.0715. The Bertz CT molecular complexity index is 345. The topological polar surface area (TPSA) is 101 Å². The lowest BCUT2D eigenvalue weighted by Crippen LogP contribution is -2.35. The fraction of sp³-hybridized carbons (Fsp3) is 0.333. The minimum Gasteiger partial charge on any atom is -0.459 e. The monoisotopic (exact) mass is 211 g/mol. The molecule has 6 heteroatoms. The average molecular weight is 211 g/mol. The average Bonchev–Trinajstić information content (AvgIpc) is 2.70. The van der Waals surface area contributed by atoms with Crippen molar-refractivity contribution in [1.82, 2.24) is 5.32 Å². The van der Waals surface area contributed by atoms with Crippen LogP contribution in [0.25, 0.3) is 0 Å². The first-order valence-electron chi connectivity index (χ1n) is 4.44. The van der Waals surface area contributed by atoms with E-state index in [1.807, 2.05) is 0 Å². The predicted molar refractivity (Wildman–Crippen MR) is 53.7 cm³/mol. The molecule has 0 saturated carbocycles. The van der Waals surface area contributed by atoms with E-state index in [4.69, 9.17) is 15.4 Å². The van der Waals surface area contributed by atoms with E-state index in [1.54, 1.807) is 19.1 Å². The molecule has 1 atom stereocenters. The first kappa shape index (κ1) is 11.1. The first-order chi connectivity index (χ1) is 7.13. The summed E-state index contributed by atoms with van der Waals surface area (Å²) < 4.78 is 4.90. The van der Waals surface area contributed by atoms with Crippen molar-refractivity contribution >= 4 is 11.7 Å². The lowest BCUT2D eigenvalue weighted by atomic mass is 10.2. The summed E-state index contributed by atoms with van der Waals surface area (Å²) in [5.74, 6) is -0.0122. The van der Waals surface area contributed by atoms with Crippen molar-refractivity contribution in [1.29, 1.82) is 0 Å². The van der Waals surface area contributed by atoms with Crippen LogP contribution >= 0.6 is 0 Å². The second kappa shape index (κ2) is 5.04. The van der Waals surface area contributed by atoms with E-state index < -0.39 is 0 Å². The number of furan rings is 1. The van der Waals surface area contributed by atoms with Gasteiger partial charge in [0.15, 0.2) is 5.76 Å². The highest BCUT2D eigenvalue weighted by molar-refractivity contribution is 5.92. The molecule has 15 heavy (non-hydrogen) atoms. The zero-order chi connectivity index (χ0) is 11.3. The van der Waals surface area contributed by atoms with Gasteiger partial charge in [0, 0.05) is 12.5 Å². The Labute approximate surface area is 86.7 Å². The standard InChI is InChI=1S/C9H13N3O3/c1-6(5-8(10)12-14)11-9(13)7-3-2-4-15-7/h2-4,6,14H,5H2,1H3,(H2,10,12)(H,11,13).